The molecule has 0 radical (unpaired) electrons. The second-order valence-corrected chi connectivity index (χ2v) is 4.85. The first kappa shape index (κ1) is 14.6. The molecule has 0 spiro atoms. The zero-order valence-electron chi connectivity index (χ0n) is 12.0. The average molecular weight is 316 g/mol. The molecule has 1 aromatic heterocycles. The number of nitrogens with one attached hydrogen (secondary N) is 1. The Hall–Kier alpha value is -3.29. The van der Waals surface area contributed by atoms with Crippen LogP contribution in [0.25, 0.3) is 0 Å². The third kappa shape index (κ3) is 2.86. The number of nitrogens with two attached hydrogens (primary N) is 1. The Morgan fingerprint density at radius 3 is 2.83 bits per heavy atom. The third-order valence-electron chi connectivity index (χ3n) is 3.34. The lowest BCUT2D eigenvalue weighted by Gasteiger charge is -2.06. The number of carbonyl (C=O) groups is 2. The fraction of sp³-hybridized carbons (Fsp3) is 0.133. The number of aromatic nitrogens is 1. The van der Waals surface area contributed by atoms with E-state index in [2.05, 4.69) is 5.32 Å². The Labute approximate surface area is 131 Å². The highest BCUT2D eigenvalue weighted by Gasteiger charge is 2.27. The SMILES string of the molecule is NC(=O)c1ccc[n+](O)c1C(=O)NCc1ccc2c(c1)OCO2. The van der Waals surface area contributed by atoms with Gasteiger partial charge in [0, 0.05) is 17.3 Å². The average Bonchev–Trinajstić information content (AvgIpc) is 2.99. The number of hydrogen-bond acceptors (Lipinski definition) is 5. The van der Waals surface area contributed by atoms with E-state index in [1.54, 1.807) is 18.2 Å². The molecule has 0 saturated carbocycles. The summed E-state index contributed by atoms with van der Waals surface area (Å²) in [4.78, 5) is 23.6. The van der Waals surface area contributed by atoms with Gasteiger partial charge < -0.3 is 20.5 Å². The van der Waals surface area contributed by atoms with Crippen LogP contribution in [0.2, 0.25) is 0 Å². The van der Waals surface area contributed by atoms with Gasteiger partial charge in [0.15, 0.2) is 11.5 Å². The van der Waals surface area contributed by atoms with E-state index in [9.17, 15) is 14.8 Å². The Kier molecular flexibility index (Phi) is 3.71. The molecule has 3 rings (SSSR count). The number of fused-ring (bicyclic) bond motifs is 1. The molecule has 1 aliphatic rings. The van der Waals surface area contributed by atoms with Gasteiger partial charge in [-0.05, 0) is 23.8 Å². The summed E-state index contributed by atoms with van der Waals surface area (Å²) in [7, 11) is 0. The highest BCUT2D eigenvalue weighted by atomic mass is 16.7. The van der Waals surface area contributed by atoms with Crippen LogP contribution in [-0.4, -0.2) is 23.8 Å². The smallest absolute Gasteiger partial charge is 0.334 e. The molecule has 1 aliphatic heterocycles. The summed E-state index contributed by atoms with van der Waals surface area (Å²) in [6, 6.07) is 8.04. The lowest BCUT2D eigenvalue weighted by Crippen LogP contribution is -2.44. The summed E-state index contributed by atoms with van der Waals surface area (Å²) in [6.45, 7) is 0.351. The number of carbonyl (C=O) groups excluding carboxylic acids is 2. The molecule has 0 bridgehead atoms. The number of ether oxygens (including phenoxy) is 2. The molecule has 1 aromatic carbocycles. The van der Waals surface area contributed by atoms with Gasteiger partial charge in [-0.2, -0.15) is 0 Å². The highest BCUT2D eigenvalue weighted by molar-refractivity contribution is 6.04. The second-order valence-electron chi connectivity index (χ2n) is 4.85. The van der Waals surface area contributed by atoms with Crippen LogP contribution in [0.1, 0.15) is 26.4 Å². The molecular weight excluding hydrogens is 302 g/mol. The van der Waals surface area contributed by atoms with Gasteiger partial charge in [0.05, 0.1) is 0 Å². The van der Waals surface area contributed by atoms with Crippen LogP contribution in [0.3, 0.4) is 0 Å². The number of rotatable bonds is 4. The standard InChI is InChI=1S/C15H13N3O5/c16-14(19)10-2-1-5-18(21)13(10)15(20)17-7-9-3-4-11-12(6-9)23-8-22-11/h1-6H,7-8H2,(H3-,16,17,19,20,21)/p+1. The fourth-order valence-electron chi connectivity index (χ4n) is 2.24. The maximum absolute atomic E-state index is 12.2. The van der Waals surface area contributed by atoms with Gasteiger partial charge in [-0.3, -0.25) is 14.8 Å². The van der Waals surface area contributed by atoms with E-state index in [-0.39, 0.29) is 24.6 Å². The molecule has 8 nitrogen and oxygen atoms in total. The lowest BCUT2D eigenvalue weighted by atomic mass is 10.1. The third-order valence-corrected chi connectivity index (χ3v) is 3.34. The van der Waals surface area contributed by atoms with E-state index < -0.39 is 11.8 Å². The minimum atomic E-state index is -0.804. The van der Waals surface area contributed by atoms with Gasteiger partial charge in [0.25, 0.3) is 5.91 Å². The first-order valence-corrected chi connectivity index (χ1v) is 6.76. The first-order valence-electron chi connectivity index (χ1n) is 6.76. The van der Waals surface area contributed by atoms with Crippen LogP contribution in [0.5, 0.6) is 11.5 Å². The Morgan fingerprint density at radius 2 is 2.04 bits per heavy atom. The monoisotopic (exact) mass is 316 g/mol. The summed E-state index contributed by atoms with van der Waals surface area (Å²) >= 11 is 0. The van der Waals surface area contributed by atoms with Crippen molar-refractivity contribution in [1.29, 1.82) is 0 Å². The molecule has 2 amide bonds. The molecule has 2 heterocycles. The minimum absolute atomic E-state index is 0.0711. The number of hydrogen-bond donors (Lipinski definition) is 3. The summed E-state index contributed by atoms with van der Waals surface area (Å²) in [5, 5.41) is 12.4. The van der Waals surface area contributed by atoms with Crippen LogP contribution >= 0.6 is 0 Å². The summed E-state index contributed by atoms with van der Waals surface area (Å²) in [6.07, 6.45) is 1.24. The van der Waals surface area contributed by atoms with E-state index >= 15 is 0 Å². The quantitative estimate of drug-likeness (QED) is 0.541. The van der Waals surface area contributed by atoms with Gasteiger partial charge in [0.2, 0.25) is 13.0 Å². The van der Waals surface area contributed by atoms with Crippen LogP contribution in [-0.2, 0) is 6.54 Å². The van der Waals surface area contributed by atoms with Crippen molar-refractivity contribution in [2.45, 2.75) is 6.54 Å². The highest BCUT2D eigenvalue weighted by Crippen LogP contribution is 2.32. The van der Waals surface area contributed by atoms with Gasteiger partial charge in [0.1, 0.15) is 5.56 Å². The summed E-state index contributed by atoms with van der Waals surface area (Å²) in [5.74, 6) is -0.181. The van der Waals surface area contributed by atoms with Crippen molar-refractivity contribution in [3.05, 3.63) is 53.3 Å². The molecule has 0 atom stereocenters. The number of benzene rings is 1. The first-order chi connectivity index (χ1) is 11.1. The molecule has 23 heavy (non-hydrogen) atoms. The maximum Gasteiger partial charge on any atom is 0.334 e. The Balaban J connectivity index is 1.77. The fourth-order valence-corrected chi connectivity index (χ4v) is 2.24. The van der Waals surface area contributed by atoms with E-state index in [1.165, 1.54) is 18.3 Å². The van der Waals surface area contributed by atoms with Crippen molar-refractivity contribution in [3.63, 3.8) is 0 Å². The van der Waals surface area contributed by atoms with E-state index in [0.29, 0.717) is 16.2 Å². The van der Waals surface area contributed by atoms with Gasteiger partial charge in [-0.25, -0.2) is 0 Å². The summed E-state index contributed by atoms with van der Waals surface area (Å²) in [5.41, 5.74) is 5.70. The van der Waals surface area contributed by atoms with Crippen molar-refractivity contribution in [1.82, 2.24) is 5.32 Å². The number of amides is 2. The van der Waals surface area contributed by atoms with Gasteiger partial charge in [-0.15, -0.1) is 0 Å². The zero-order chi connectivity index (χ0) is 16.4. The molecule has 0 aliphatic carbocycles. The predicted octanol–water partition coefficient (Wildman–Crippen LogP) is -0.0310. The van der Waals surface area contributed by atoms with Crippen molar-refractivity contribution >= 4 is 11.8 Å². The summed E-state index contributed by atoms with van der Waals surface area (Å²) < 4.78 is 11.0. The minimum Gasteiger partial charge on any atom is -0.454 e. The van der Waals surface area contributed by atoms with E-state index in [1.807, 2.05) is 0 Å². The van der Waals surface area contributed by atoms with Crippen LogP contribution < -0.4 is 25.3 Å². The van der Waals surface area contributed by atoms with Crippen LogP contribution in [0.4, 0.5) is 0 Å². The van der Waals surface area contributed by atoms with Crippen LogP contribution in [0.15, 0.2) is 36.5 Å². The lowest BCUT2D eigenvalue weighted by molar-refractivity contribution is -0.905. The molecule has 0 saturated heterocycles. The number of primary amides is 1. The normalized spacial score (nSPS) is 12.0. The molecule has 118 valence electrons. The maximum atomic E-state index is 12.2. The second kappa shape index (κ2) is 5.84. The van der Waals surface area contributed by atoms with Crippen molar-refractivity contribution in [2.75, 3.05) is 6.79 Å². The molecule has 0 unspecified atom stereocenters. The van der Waals surface area contributed by atoms with Gasteiger partial charge >= 0.3 is 11.6 Å². The molecule has 0 fully saturated rings. The van der Waals surface area contributed by atoms with Crippen molar-refractivity contribution in [3.8, 4) is 11.5 Å². The van der Waals surface area contributed by atoms with Crippen molar-refractivity contribution < 1.29 is 29.0 Å². The Morgan fingerprint density at radius 1 is 1.26 bits per heavy atom. The number of nitrogens with zero attached hydrogens (tertiary/aromatic N) is 1. The molecule has 4 N–H and O–H groups in total. The number of pyridine rings is 1. The van der Waals surface area contributed by atoms with Crippen LogP contribution in [0, 0.1) is 0 Å². The predicted molar refractivity (Wildman–Crippen MR) is 76.1 cm³/mol. The molecule has 8 heteroatoms. The van der Waals surface area contributed by atoms with E-state index in [4.69, 9.17) is 15.2 Å². The molecule has 2 aromatic rings. The topological polar surface area (TPSA) is 115 Å². The van der Waals surface area contributed by atoms with Crippen molar-refractivity contribution in [2.24, 2.45) is 5.73 Å². The van der Waals surface area contributed by atoms with E-state index in [0.717, 1.165) is 5.56 Å². The van der Waals surface area contributed by atoms with Gasteiger partial charge in [-0.1, -0.05) is 6.07 Å². The zero-order valence-corrected chi connectivity index (χ0v) is 12.0. The molecular formula is C15H14N3O5+. The Bertz CT molecular complexity index is 791. The largest absolute Gasteiger partial charge is 0.454 e.